The molecule has 0 rings (SSSR count). The number of hydrogen-bond acceptors (Lipinski definition) is 4. The maximum atomic E-state index is 12.6. The van der Waals surface area contributed by atoms with E-state index in [4.69, 9.17) is 0 Å². The molecule has 1 amide bonds. The summed E-state index contributed by atoms with van der Waals surface area (Å²) in [5.41, 5.74) is 0. The molecule has 6 nitrogen and oxygen atoms in total. The van der Waals surface area contributed by atoms with Crippen molar-refractivity contribution in [2.75, 3.05) is 5.75 Å². The Kier molecular flexibility index (Phi) is 41.0. The summed E-state index contributed by atoms with van der Waals surface area (Å²) >= 11 is 0. The number of allylic oxidation sites excluding steroid dienone is 2. The van der Waals surface area contributed by atoms with Gasteiger partial charge in [0.15, 0.2) is 0 Å². The van der Waals surface area contributed by atoms with E-state index in [0.29, 0.717) is 12.8 Å². The van der Waals surface area contributed by atoms with Crippen LogP contribution in [0.2, 0.25) is 0 Å². The fourth-order valence-electron chi connectivity index (χ4n) is 7.63. The van der Waals surface area contributed by atoms with Gasteiger partial charge in [-0.1, -0.05) is 231 Å². The zero-order valence-electron chi connectivity index (χ0n) is 36.1. The van der Waals surface area contributed by atoms with Crippen molar-refractivity contribution in [2.45, 2.75) is 276 Å². The molecule has 0 radical (unpaired) electrons. The summed E-state index contributed by atoms with van der Waals surface area (Å²) in [6, 6.07) is -0.970. The largest absolute Gasteiger partial charge is 0.391 e. The summed E-state index contributed by atoms with van der Waals surface area (Å²) < 4.78 is 32.7. The minimum absolute atomic E-state index is 0.246. The summed E-state index contributed by atoms with van der Waals surface area (Å²) in [6.07, 6.45) is 51.7. The zero-order chi connectivity index (χ0) is 39.6. The first kappa shape index (κ1) is 53.1. The molecule has 54 heavy (non-hydrogen) atoms. The Bertz CT molecular complexity index is 908. The van der Waals surface area contributed by atoms with Crippen molar-refractivity contribution in [1.82, 2.24) is 5.32 Å². The molecule has 0 aromatic heterocycles. The van der Waals surface area contributed by atoms with E-state index in [1.807, 2.05) is 0 Å². The summed E-state index contributed by atoms with van der Waals surface area (Å²) in [5.74, 6) is -0.891. The van der Waals surface area contributed by atoms with Crippen molar-refractivity contribution in [2.24, 2.45) is 0 Å². The van der Waals surface area contributed by atoms with Gasteiger partial charge < -0.3 is 10.4 Å². The molecule has 0 aliphatic rings. The average molecular weight is 784 g/mol. The molecule has 2 atom stereocenters. The fourth-order valence-corrected chi connectivity index (χ4v) is 8.39. The van der Waals surface area contributed by atoms with Gasteiger partial charge in [-0.2, -0.15) is 8.42 Å². The number of carbonyl (C=O) groups excluding carboxylic acids is 1. The van der Waals surface area contributed by atoms with Crippen LogP contribution in [0.3, 0.4) is 0 Å². The Morgan fingerprint density at radius 2 is 0.778 bits per heavy atom. The van der Waals surface area contributed by atoms with Gasteiger partial charge in [0.1, 0.15) is 0 Å². The number of aliphatic hydroxyl groups excluding tert-OH is 1. The van der Waals surface area contributed by atoms with Crippen LogP contribution < -0.4 is 5.32 Å². The lowest BCUT2D eigenvalue weighted by atomic mass is 10.0. The molecule has 0 aromatic rings. The highest BCUT2D eigenvalue weighted by Crippen LogP contribution is 2.17. The molecule has 0 aromatic carbocycles. The van der Waals surface area contributed by atoms with Crippen molar-refractivity contribution in [1.29, 1.82) is 0 Å². The van der Waals surface area contributed by atoms with Crippen LogP contribution >= 0.6 is 0 Å². The highest BCUT2D eigenvalue weighted by molar-refractivity contribution is 7.85. The first-order valence-electron chi connectivity index (χ1n) is 23.9. The van der Waals surface area contributed by atoms with Gasteiger partial charge in [0, 0.05) is 6.42 Å². The third kappa shape index (κ3) is 42.2. The monoisotopic (exact) mass is 784 g/mol. The second-order valence-corrected chi connectivity index (χ2v) is 18.2. The lowest BCUT2D eigenvalue weighted by Gasteiger charge is -2.23. The minimum Gasteiger partial charge on any atom is -0.391 e. The molecule has 0 spiro atoms. The number of unbranched alkanes of at least 4 members (excludes halogenated alkanes) is 34. The Balaban J connectivity index is 3.76. The molecule has 3 N–H and O–H groups in total. The SMILES string of the molecule is CCCCCCCCC/C=C\CCCCCCCCCC(=O)NC(CS(=O)(=O)O)C(O)CCCCCCCCCCCCCCCCCCCCCCC. The van der Waals surface area contributed by atoms with E-state index < -0.39 is 28.0 Å². The quantitative estimate of drug-likeness (QED) is 0.0324. The Morgan fingerprint density at radius 3 is 1.11 bits per heavy atom. The Labute approximate surface area is 337 Å². The number of hydrogen-bond donors (Lipinski definition) is 3. The molecule has 0 heterocycles. The van der Waals surface area contributed by atoms with Gasteiger partial charge in [0.2, 0.25) is 5.91 Å². The van der Waals surface area contributed by atoms with E-state index in [2.05, 4.69) is 31.3 Å². The van der Waals surface area contributed by atoms with Gasteiger partial charge >= 0.3 is 0 Å². The summed E-state index contributed by atoms with van der Waals surface area (Å²) in [6.45, 7) is 4.55. The van der Waals surface area contributed by atoms with E-state index in [1.54, 1.807) is 0 Å². The fraction of sp³-hybridized carbons (Fsp3) is 0.936. The minimum atomic E-state index is -4.31. The van der Waals surface area contributed by atoms with E-state index in [0.717, 1.165) is 38.5 Å². The van der Waals surface area contributed by atoms with Crippen LogP contribution in [0.25, 0.3) is 0 Å². The number of nitrogens with one attached hydrogen (secondary N) is 1. The van der Waals surface area contributed by atoms with Gasteiger partial charge in [0.05, 0.1) is 17.9 Å². The van der Waals surface area contributed by atoms with E-state index >= 15 is 0 Å². The van der Waals surface area contributed by atoms with Crippen molar-refractivity contribution >= 4 is 16.0 Å². The van der Waals surface area contributed by atoms with Crippen LogP contribution in [-0.4, -0.2) is 41.9 Å². The van der Waals surface area contributed by atoms with Crippen LogP contribution in [0.15, 0.2) is 12.2 Å². The van der Waals surface area contributed by atoms with Gasteiger partial charge in [-0.25, -0.2) is 0 Å². The molecule has 7 heteroatoms. The van der Waals surface area contributed by atoms with E-state index in [1.165, 1.54) is 199 Å². The number of carbonyl (C=O) groups is 1. The maximum Gasteiger partial charge on any atom is 0.266 e. The lowest BCUT2D eigenvalue weighted by molar-refractivity contribution is -0.122. The highest BCUT2D eigenvalue weighted by atomic mass is 32.2. The molecule has 0 aliphatic carbocycles. The molecular weight excluding hydrogens is 691 g/mol. The number of amides is 1. The second-order valence-electron chi connectivity index (χ2n) is 16.7. The van der Waals surface area contributed by atoms with Gasteiger partial charge in [-0.15, -0.1) is 0 Å². The van der Waals surface area contributed by atoms with E-state index in [9.17, 15) is 22.9 Å². The molecule has 0 bridgehead atoms. The number of aliphatic hydroxyl groups is 1. The lowest BCUT2D eigenvalue weighted by Crippen LogP contribution is -2.47. The van der Waals surface area contributed by atoms with Crippen molar-refractivity contribution in [3.63, 3.8) is 0 Å². The molecule has 0 saturated carbocycles. The molecule has 0 saturated heterocycles. The summed E-state index contributed by atoms with van der Waals surface area (Å²) in [7, 11) is -4.31. The standard InChI is InChI=1S/C47H93NO5S/c1-3-5-7-9-11-13-15-17-19-21-23-24-25-26-28-30-32-34-36-38-40-42-46(49)45(44-54(51,52)53)48-47(50)43-41-39-37-35-33-31-29-27-22-20-18-16-14-12-10-8-6-4-2/h20,22,45-46,49H,3-19,21,23-44H2,1-2H3,(H,48,50)(H,51,52,53)/b22-20-. The first-order chi connectivity index (χ1) is 26.3. The van der Waals surface area contributed by atoms with Gasteiger partial charge in [-0.05, 0) is 38.5 Å². The smallest absolute Gasteiger partial charge is 0.266 e. The summed E-state index contributed by atoms with van der Waals surface area (Å²) in [5, 5.41) is 13.4. The maximum absolute atomic E-state index is 12.6. The van der Waals surface area contributed by atoms with Crippen LogP contribution in [0.5, 0.6) is 0 Å². The number of rotatable bonds is 44. The highest BCUT2D eigenvalue weighted by Gasteiger charge is 2.26. The second kappa shape index (κ2) is 41.7. The topological polar surface area (TPSA) is 104 Å². The predicted molar refractivity (Wildman–Crippen MR) is 235 cm³/mol. The molecule has 0 aliphatic heterocycles. The zero-order valence-corrected chi connectivity index (χ0v) is 36.9. The van der Waals surface area contributed by atoms with Gasteiger partial charge in [0.25, 0.3) is 10.1 Å². The van der Waals surface area contributed by atoms with E-state index in [-0.39, 0.29) is 5.91 Å². The van der Waals surface area contributed by atoms with Crippen molar-refractivity contribution in [3.8, 4) is 0 Å². The average Bonchev–Trinajstić information content (AvgIpc) is 3.14. The summed E-state index contributed by atoms with van der Waals surface area (Å²) in [4.78, 5) is 12.6. The normalized spacial score (nSPS) is 13.2. The molecule has 0 fully saturated rings. The Morgan fingerprint density at radius 1 is 0.481 bits per heavy atom. The molecule has 322 valence electrons. The van der Waals surface area contributed by atoms with Crippen molar-refractivity contribution < 1.29 is 22.9 Å². The molecular formula is C47H93NO5S. The predicted octanol–water partition coefficient (Wildman–Crippen LogP) is 14.5. The van der Waals surface area contributed by atoms with Gasteiger partial charge in [-0.3, -0.25) is 9.35 Å². The van der Waals surface area contributed by atoms with Crippen LogP contribution in [0, 0.1) is 0 Å². The third-order valence-electron chi connectivity index (χ3n) is 11.2. The Hall–Kier alpha value is -0.920. The van der Waals surface area contributed by atoms with Crippen LogP contribution in [0.1, 0.15) is 264 Å². The molecule has 2 unspecified atom stereocenters. The van der Waals surface area contributed by atoms with Crippen LogP contribution in [-0.2, 0) is 14.9 Å². The first-order valence-corrected chi connectivity index (χ1v) is 25.5. The van der Waals surface area contributed by atoms with Crippen molar-refractivity contribution in [3.05, 3.63) is 12.2 Å². The third-order valence-corrected chi connectivity index (χ3v) is 12.0. The van der Waals surface area contributed by atoms with Crippen LogP contribution in [0.4, 0.5) is 0 Å².